The Bertz CT molecular complexity index is 1130. The number of hydrogen-bond donors (Lipinski definition) is 0. The zero-order valence-electron chi connectivity index (χ0n) is 21.1. The molecule has 2 aliphatic heterocycles. The maximum absolute atomic E-state index is 12.8. The Labute approximate surface area is 217 Å². The standard InChI is InChI=1S/C28H34N4O5/c33-28(32-13-17-35-18-14-32)26-22-36-27(29-26)21-31(10-9-30-11-15-34-16-12-30)20-23-5-4-8-25(19-23)37-24-6-2-1-3-7-24/h1-8,19,22H,9-18,20-21H2. The number of para-hydroxylation sites is 1. The summed E-state index contributed by atoms with van der Waals surface area (Å²) in [6, 6.07) is 17.9. The van der Waals surface area contributed by atoms with Crippen molar-refractivity contribution in [3.63, 3.8) is 0 Å². The molecule has 2 aliphatic rings. The topological polar surface area (TPSA) is 80.5 Å². The second-order valence-electron chi connectivity index (χ2n) is 9.26. The van der Waals surface area contributed by atoms with Crippen LogP contribution in [-0.4, -0.2) is 91.3 Å². The number of carbonyl (C=O) groups is 1. The summed E-state index contributed by atoms with van der Waals surface area (Å²) in [4.78, 5) is 23.8. The van der Waals surface area contributed by atoms with E-state index in [0.717, 1.165) is 56.5 Å². The van der Waals surface area contributed by atoms with E-state index in [1.54, 1.807) is 4.90 Å². The van der Waals surface area contributed by atoms with Crippen molar-refractivity contribution in [1.82, 2.24) is 19.7 Å². The Morgan fingerprint density at radius 1 is 0.892 bits per heavy atom. The third-order valence-electron chi connectivity index (χ3n) is 6.55. The number of ether oxygens (including phenoxy) is 3. The van der Waals surface area contributed by atoms with Crippen molar-refractivity contribution >= 4 is 5.91 Å². The zero-order chi connectivity index (χ0) is 25.3. The number of nitrogens with zero attached hydrogens (tertiary/aromatic N) is 4. The van der Waals surface area contributed by atoms with Crippen LogP contribution in [0, 0.1) is 0 Å². The van der Waals surface area contributed by atoms with Gasteiger partial charge in [-0.2, -0.15) is 0 Å². The lowest BCUT2D eigenvalue weighted by Gasteiger charge is -2.29. The Morgan fingerprint density at radius 3 is 2.41 bits per heavy atom. The highest BCUT2D eigenvalue weighted by atomic mass is 16.5. The average Bonchev–Trinajstić information content (AvgIpc) is 3.41. The molecule has 9 nitrogen and oxygen atoms in total. The fourth-order valence-corrected chi connectivity index (χ4v) is 4.51. The van der Waals surface area contributed by atoms with Gasteiger partial charge in [0, 0.05) is 45.8 Å². The van der Waals surface area contributed by atoms with Crippen molar-refractivity contribution in [2.24, 2.45) is 0 Å². The lowest BCUT2D eigenvalue weighted by atomic mass is 10.2. The van der Waals surface area contributed by atoms with Crippen LogP contribution < -0.4 is 4.74 Å². The summed E-state index contributed by atoms with van der Waals surface area (Å²) in [6.45, 7) is 8.63. The van der Waals surface area contributed by atoms with Crippen LogP contribution in [0.5, 0.6) is 11.5 Å². The molecule has 0 N–H and O–H groups in total. The molecule has 5 rings (SSSR count). The second kappa shape index (κ2) is 12.8. The molecule has 2 fully saturated rings. The van der Waals surface area contributed by atoms with Crippen LogP contribution in [0.1, 0.15) is 21.9 Å². The van der Waals surface area contributed by atoms with Gasteiger partial charge >= 0.3 is 0 Å². The lowest BCUT2D eigenvalue weighted by molar-refractivity contribution is 0.0299. The van der Waals surface area contributed by atoms with E-state index in [1.807, 2.05) is 42.5 Å². The maximum Gasteiger partial charge on any atom is 0.275 e. The van der Waals surface area contributed by atoms with Gasteiger partial charge in [-0.15, -0.1) is 0 Å². The van der Waals surface area contributed by atoms with Crippen molar-refractivity contribution < 1.29 is 23.4 Å². The Morgan fingerprint density at radius 2 is 1.62 bits per heavy atom. The van der Waals surface area contributed by atoms with Gasteiger partial charge in [-0.1, -0.05) is 30.3 Å². The molecular formula is C28H34N4O5. The van der Waals surface area contributed by atoms with E-state index in [-0.39, 0.29) is 5.91 Å². The van der Waals surface area contributed by atoms with Crippen LogP contribution >= 0.6 is 0 Å². The molecule has 0 aliphatic carbocycles. The largest absolute Gasteiger partial charge is 0.457 e. The van der Waals surface area contributed by atoms with E-state index in [2.05, 4.69) is 26.9 Å². The number of amides is 1. The van der Waals surface area contributed by atoms with Crippen LogP contribution in [0.4, 0.5) is 0 Å². The SMILES string of the molecule is O=C(c1coc(CN(CCN2CCOCC2)Cc2cccc(Oc3ccccc3)c2)n1)N1CCOCC1. The fourth-order valence-electron chi connectivity index (χ4n) is 4.51. The summed E-state index contributed by atoms with van der Waals surface area (Å²) in [5.41, 5.74) is 1.48. The summed E-state index contributed by atoms with van der Waals surface area (Å²) in [7, 11) is 0. The van der Waals surface area contributed by atoms with Crippen molar-refractivity contribution in [2.45, 2.75) is 13.1 Å². The predicted octanol–water partition coefficient (Wildman–Crippen LogP) is 3.27. The fraction of sp³-hybridized carbons (Fsp3) is 0.429. The molecule has 1 aromatic heterocycles. The highest BCUT2D eigenvalue weighted by molar-refractivity contribution is 5.92. The van der Waals surface area contributed by atoms with Crippen LogP contribution in [0.3, 0.4) is 0 Å². The number of hydrogen-bond acceptors (Lipinski definition) is 8. The summed E-state index contributed by atoms with van der Waals surface area (Å²) in [5.74, 6) is 2.03. The molecule has 9 heteroatoms. The Balaban J connectivity index is 1.26. The molecule has 0 unspecified atom stereocenters. The first-order valence-corrected chi connectivity index (χ1v) is 12.9. The van der Waals surface area contributed by atoms with E-state index < -0.39 is 0 Å². The molecule has 3 aromatic rings. The third-order valence-corrected chi connectivity index (χ3v) is 6.55. The number of oxazole rings is 1. The zero-order valence-corrected chi connectivity index (χ0v) is 21.1. The smallest absolute Gasteiger partial charge is 0.275 e. The van der Waals surface area contributed by atoms with E-state index in [9.17, 15) is 4.79 Å². The predicted molar refractivity (Wildman–Crippen MR) is 138 cm³/mol. The molecule has 0 bridgehead atoms. The van der Waals surface area contributed by atoms with Gasteiger partial charge in [-0.3, -0.25) is 14.6 Å². The van der Waals surface area contributed by atoms with Gasteiger partial charge < -0.3 is 23.5 Å². The molecule has 0 radical (unpaired) electrons. The Hall–Kier alpha value is -3.24. The van der Waals surface area contributed by atoms with E-state index in [4.69, 9.17) is 18.6 Å². The monoisotopic (exact) mass is 506 g/mol. The first kappa shape index (κ1) is 25.4. The second-order valence-corrected chi connectivity index (χ2v) is 9.26. The van der Waals surface area contributed by atoms with Gasteiger partial charge in [0.25, 0.3) is 5.91 Å². The molecule has 37 heavy (non-hydrogen) atoms. The van der Waals surface area contributed by atoms with Crippen LogP contribution in [-0.2, 0) is 22.6 Å². The quantitative estimate of drug-likeness (QED) is 0.415. The van der Waals surface area contributed by atoms with Gasteiger partial charge in [0.15, 0.2) is 5.69 Å². The molecule has 1 amide bonds. The van der Waals surface area contributed by atoms with Crippen LogP contribution in [0.15, 0.2) is 65.3 Å². The van der Waals surface area contributed by atoms with Crippen molar-refractivity contribution in [2.75, 3.05) is 65.7 Å². The maximum atomic E-state index is 12.8. The first-order chi connectivity index (χ1) is 18.2. The minimum atomic E-state index is -0.107. The highest BCUT2D eigenvalue weighted by Crippen LogP contribution is 2.23. The molecule has 0 atom stereocenters. The lowest BCUT2D eigenvalue weighted by Crippen LogP contribution is -2.41. The van der Waals surface area contributed by atoms with Crippen LogP contribution in [0.25, 0.3) is 0 Å². The van der Waals surface area contributed by atoms with Crippen molar-refractivity contribution in [3.8, 4) is 11.5 Å². The van der Waals surface area contributed by atoms with Crippen molar-refractivity contribution in [1.29, 1.82) is 0 Å². The molecular weight excluding hydrogens is 472 g/mol. The summed E-state index contributed by atoms with van der Waals surface area (Å²) in [6.07, 6.45) is 1.47. The van der Waals surface area contributed by atoms with Gasteiger partial charge in [0.05, 0.1) is 33.0 Å². The third kappa shape index (κ3) is 7.39. The average molecular weight is 507 g/mol. The molecule has 196 valence electrons. The normalized spacial score (nSPS) is 16.7. The van der Waals surface area contributed by atoms with Crippen molar-refractivity contribution in [3.05, 3.63) is 78.0 Å². The highest BCUT2D eigenvalue weighted by Gasteiger charge is 2.23. The van der Waals surface area contributed by atoms with E-state index in [1.165, 1.54) is 6.26 Å². The Kier molecular flexibility index (Phi) is 8.81. The number of carbonyl (C=O) groups excluding carboxylic acids is 1. The summed E-state index contributed by atoms with van der Waals surface area (Å²) < 4.78 is 22.6. The molecule has 0 spiro atoms. The summed E-state index contributed by atoms with van der Waals surface area (Å²) in [5, 5.41) is 0. The van der Waals surface area contributed by atoms with Gasteiger partial charge in [-0.25, -0.2) is 4.98 Å². The number of benzene rings is 2. The minimum absolute atomic E-state index is 0.107. The van der Waals surface area contributed by atoms with E-state index in [0.29, 0.717) is 51.0 Å². The van der Waals surface area contributed by atoms with Gasteiger partial charge in [0.2, 0.25) is 5.89 Å². The molecule has 3 heterocycles. The number of rotatable bonds is 10. The van der Waals surface area contributed by atoms with E-state index >= 15 is 0 Å². The summed E-state index contributed by atoms with van der Waals surface area (Å²) >= 11 is 0. The van der Waals surface area contributed by atoms with Crippen LogP contribution in [0.2, 0.25) is 0 Å². The van der Waals surface area contributed by atoms with Gasteiger partial charge in [-0.05, 0) is 29.8 Å². The first-order valence-electron chi connectivity index (χ1n) is 12.9. The molecule has 2 saturated heterocycles. The number of aromatic nitrogens is 1. The number of morpholine rings is 2. The van der Waals surface area contributed by atoms with Gasteiger partial charge in [0.1, 0.15) is 17.8 Å². The minimum Gasteiger partial charge on any atom is -0.457 e. The molecule has 0 saturated carbocycles. The molecule has 2 aromatic carbocycles.